The van der Waals surface area contributed by atoms with E-state index in [-0.39, 0.29) is 5.95 Å². The predicted octanol–water partition coefficient (Wildman–Crippen LogP) is 3.48. The Kier molecular flexibility index (Phi) is 7.19. The topological polar surface area (TPSA) is 111 Å². The average molecular weight is 411 g/mol. The van der Waals surface area contributed by atoms with Crippen LogP contribution in [-0.2, 0) is 4.74 Å². The molecule has 1 aromatic carbocycles. The number of hydrogen-bond donors (Lipinski definition) is 1. The predicted molar refractivity (Wildman–Crippen MR) is 113 cm³/mol. The molecule has 0 unspecified atom stereocenters. The highest BCUT2D eigenvalue weighted by Gasteiger charge is 2.17. The summed E-state index contributed by atoms with van der Waals surface area (Å²) in [6.07, 6.45) is 3.17. The van der Waals surface area contributed by atoms with Gasteiger partial charge in [-0.2, -0.15) is 5.26 Å². The van der Waals surface area contributed by atoms with Crippen molar-refractivity contribution in [2.24, 2.45) is 0 Å². The van der Waals surface area contributed by atoms with Crippen molar-refractivity contribution in [3.8, 4) is 28.7 Å². The number of nitrogens with zero attached hydrogens (tertiary/aromatic N) is 5. The molecule has 0 fully saturated rings. The molecule has 0 aliphatic rings. The summed E-state index contributed by atoms with van der Waals surface area (Å²) in [5.74, 6) is 1.52. The number of nitrogens with two attached hydrogens (primary N) is 1. The molecule has 7 nitrogen and oxygen atoms in total. The van der Waals surface area contributed by atoms with E-state index in [0.717, 1.165) is 16.4 Å². The van der Waals surface area contributed by atoms with Gasteiger partial charge in [-0.25, -0.2) is 19.9 Å². The van der Waals surface area contributed by atoms with Crippen LogP contribution < -0.4 is 5.73 Å². The number of benzene rings is 1. The van der Waals surface area contributed by atoms with Gasteiger partial charge in [-0.15, -0.1) is 11.8 Å². The van der Waals surface area contributed by atoms with Gasteiger partial charge in [0.25, 0.3) is 0 Å². The van der Waals surface area contributed by atoms with Crippen molar-refractivity contribution in [3.05, 3.63) is 48.3 Å². The lowest BCUT2D eigenvalue weighted by Crippen LogP contribution is -2.02. The lowest BCUT2D eigenvalue weighted by Gasteiger charge is -2.11. The van der Waals surface area contributed by atoms with Crippen molar-refractivity contribution < 1.29 is 4.74 Å². The number of ether oxygens (including phenoxy) is 1. The number of nitrogen functional groups attached to an aromatic ring is 1. The molecule has 0 amide bonds. The van der Waals surface area contributed by atoms with E-state index in [9.17, 15) is 5.26 Å². The Hall–Kier alpha value is -2.67. The van der Waals surface area contributed by atoms with Crippen LogP contribution in [0.2, 0.25) is 0 Å². The summed E-state index contributed by atoms with van der Waals surface area (Å²) in [6.45, 7) is 0.684. The Morgan fingerprint density at radius 1 is 1.11 bits per heavy atom. The van der Waals surface area contributed by atoms with Gasteiger partial charge in [0.15, 0.2) is 5.82 Å². The normalized spacial score (nSPS) is 10.6. The average Bonchev–Trinajstić information content (AvgIpc) is 2.74. The molecule has 0 bridgehead atoms. The Morgan fingerprint density at radius 3 is 2.54 bits per heavy atom. The third-order valence-corrected chi connectivity index (χ3v) is 5.84. The highest BCUT2D eigenvalue weighted by Crippen LogP contribution is 2.32. The van der Waals surface area contributed by atoms with Gasteiger partial charge in [0.1, 0.15) is 16.7 Å². The minimum atomic E-state index is 0.185. The molecule has 142 valence electrons. The number of anilines is 1. The van der Waals surface area contributed by atoms with Crippen LogP contribution in [0, 0.1) is 11.3 Å². The summed E-state index contributed by atoms with van der Waals surface area (Å²) in [5, 5.41) is 11.2. The number of rotatable bonds is 8. The molecule has 9 heteroatoms. The van der Waals surface area contributed by atoms with Crippen LogP contribution in [0.1, 0.15) is 5.56 Å². The third kappa shape index (κ3) is 4.98. The molecule has 2 heterocycles. The van der Waals surface area contributed by atoms with Crippen molar-refractivity contribution in [1.29, 1.82) is 5.26 Å². The molecule has 0 saturated carbocycles. The van der Waals surface area contributed by atoms with E-state index in [1.54, 1.807) is 31.3 Å². The first-order valence-corrected chi connectivity index (χ1v) is 10.5. The SMILES string of the molecule is COCCSCSc1nc(-c2cnc(N)nc2)nc(-c2ccccc2)c1C#N. The lowest BCUT2D eigenvalue weighted by molar-refractivity contribution is 0.219. The van der Waals surface area contributed by atoms with Crippen LogP contribution in [0.15, 0.2) is 47.8 Å². The molecule has 0 aliphatic heterocycles. The Morgan fingerprint density at radius 2 is 1.86 bits per heavy atom. The van der Waals surface area contributed by atoms with Crippen LogP contribution in [0.5, 0.6) is 0 Å². The molecule has 28 heavy (non-hydrogen) atoms. The second-order valence-corrected chi connectivity index (χ2v) is 7.98. The van der Waals surface area contributed by atoms with E-state index < -0.39 is 0 Å². The zero-order valence-corrected chi connectivity index (χ0v) is 16.8. The maximum atomic E-state index is 9.79. The number of thioether (sulfide) groups is 2. The molecule has 0 aliphatic carbocycles. The molecule has 2 aromatic heterocycles. The second-order valence-electron chi connectivity index (χ2n) is 5.55. The first kappa shape index (κ1) is 20.1. The van der Waals surface area contributed by atoms with Crippen LogP contribution in [0.25, 0.3) is 22.6 Å². The van der Waals surface area contributed by atoms with Crippen LogP contribution in [-0.4, -0.2) is 44.5 Å². The highest BCUT2D eigenvalue weighted by atomic mass is 32.2. The van der Waals surface area contributed by atoms with Crippen LogP contribution in [0.4, 0.5) is 5.95 Å². The molecular formula is C19H18N6OS2. The van der Waals surface area contributed by atoms with Crippen LogP contribution in [0.3, 0.4) is 0 Å². The number of aromatic nitrogens is 4. The first-order chi connectivity index (χ1) is 13.7. The fraction of sp³-hybridized carbons (Fsp3) is 0.211. The van der Waals surface area contributed by atoms with Gasteiger partial charge in [-0.05, 0) is 0 Å². The van der Waals surface area contributed by atoms with Gasteiger partial charge >= 0.3 is 0 Å². The Bertz CT molecular complexity index is 961. The van der Waals surface area contributed by atoms with E-state index in [4.69, 9.17) is 10.5 Å². The van der Waals surface area contributed by atoms with Gasteiger partial charge in [-0.3, -0.25) is 0 Å². The quantitative estimate of drug-likeness (QED) is 0.258. The summed E-state index contributed by atoms with van der Waals surface area (Å²) in [7, 11) is 1.68. The van der Waals surface area contributed by atoms with Gasteiger partial charge in [0, 0.05) is 35.9 Å². The monoisotopic (exact) mass is 410 g/mol. The van der Waals surface area contributed by atoms with E-state index >= 15 is 0 Å². The summed E-state index contributed by atoms with van der Waals surface area (Å²) in [6, 6.07) is 11.9. The van der Waals surface area contributed by atoms with E-state index in [1.807, 2.05) is 30.3 Å². The largest absolute Gasteiger partial charge is 0.384 e. The van der Waals surface area contributed by atoms with Crippen molar-refractivity contribution in [3.63, 3.8) is 0 Å². The fourth-order valence-electron chi connectivity index (χ4n) is 2.33. The number of methoxy groups -OCH3 is 1. The van der Waals surface area contributed by atoms with E-state index in [1.165, 1.54) is 11.8 Å². The van der Waals surface area contributed by atoms with Crippen molar-refractivity contribution in [1.82, 2.24) is 19.9 Å². The fourth-order valence-corrected chi connectivity index (χ4v) is 4.31. The highest BCUT2D eigenvalue weighted by molar-refractivity contribution is 8.16. The van der Waals surface area contributed by atoms with Crippen molar-refractivity contribution in [2.45, 2.75) is 5.03 Å². The summed E-state index contributed by atoms with van der Waals surface area (Å²) < 4.78 is 5.07. The smallest absolute Gasteiger partial charge is 0.219 e. The van der Waals surface area contributed by atoms with Gasteiger partial charge < -0.3 is 10.5 Å². The Balaban J connectivity index is 2.02. The zero-order valence-electron chi connectivity index (χ0n) is 15.2. The van der Waals surface area contributed by atoms with Gasteiger partial charge in [0.2, 0.25) is 5.95 Å². The van der Waals surface area contributed by atoms with Crippen molar-refractivity contribution >= 4 is 29.5 Å². The maximum absolute atomic E-state index is 9.79. The molecule has 3 rings (SSSR count). The third-order valence-electron chi connectivity index (χ3n) is 3.68. The maximum Gasteiger partial charge on any atom is 0.219 e. The van der Waals surface area contributed by atoms with Crippen molar-refractivity contribution in [2.75, 3.05) is 30.3 Å². The summed E-state index contributed by atoms with van der Waals surface area (Å²) in [5.41, 5.74) is 8.14. The second kappa shape index (κ2) is 10.0. The standard InChI is InChI=1S/C19H18N6OS2/c1-26-7-8-27-12-28-18-15(9-20)16(13-5-3-2-4-6-13)24-17(25-18)14-10-22-19(21)23-11-14/h2-6,10-11H,7-8,12H2,1H3,(H2,21,22,23). The molecule has 3 aromatic rings. The number of hydrogen-bond acceptors (Lipinski definition) is 9. The first-order valence-electron chi connectivity index (χ1n) is 8.38. The van der Waals surface area contributed by atoms with Crippen LogP contribution >= 0.6 is 23.5 Å². The molecule has 0 atom stereocenters. The molecule has 0 saturated heterocycles. The number of nitriles is 1. The minimum absolute atomic E-state index is 0.185. The lowest BCUT2D eigenvalue weighted by atomic mass is 10.1. The zero-order chi connectivity index (χ0) is 19.8. The molecule has 0 radical (unpaired) electrons. The van der Waals surface area contributed by atoms with Gasteiger partial charge in [-0.1, -0.05) is 42.1 Å². The Labute approximate surface area is 171 Å². The van der Waals surface area contributed by atoms with E-state index in [2.05, 4.69) is 26.0 Å². The van der Waals surface area contributed by atoms with Gasteiger partial charge in [0.05, 0.1) is 17.9 Å². The molecule has 0 spiro atoms. The van der Waals surface area contributed by atoms with E-state index in [0.29, 0.717) is 34.3 Å². The summed E-state index contributed by atoms with van der Waals surface area (Å²) in [4.78, 5) is 17.3. The minimum Gasteiger partial charge on any atom is -0.384 e. The molecule has 2 N–H and O–H groups in total. The summed E-state index contributed by atoms with van der Waals surface area (Å²) >= 11 is 3.24. The molecular weight excluding hydrogens is 392 g/mol.